The second kappa shape index (κ2) is 5.87. The van der Waals surface area contributed by atoms with E-state index in [-0.39, 0.29) is 6.84 Å². The topological polar surface area (TPSA) is 67.5 Å². The van der Waals surface area contributed by atoms with Crippen LogP contribution in [0, 0.1) is 5.92 Å². The summed E-state index contributed by atoms with van der Waals surface area (Å²) < 4.78 is 1.88. The Balaban J connectivity index is 0.00000192. The van der Waals surface area contributed by atoms with E-state index in [2.05, 4.69) is 48.3 Å². The molecule has 0 saturated heterocycles. The van der Waals surface area contributed by atoms with E-state index in [0.717, 1.165) is 52.8 Å². The van der Waals surface area contributed by atoms with Gasteiger partial charge in [-0.3, -0.25) is 4.99 Å². The normalized spacial score (nSPS) is 21.4. The van der Waals surface area contributed by atoms with Gasteiger partial charge in [-0.15, -0.1) is 5.10 Å². The third-order valence-electron chi connectivity index (χ3n) is 6.13. The number of hydrogen-bond donors (Lipinski definition) is 1. The minimum Gasteiger partial charge on any atom is -0.353 e. The zero-order valence-corrected chi connectivity index (χ0v) is 16.0. The first-order valence-corrected chi connectivity index (χ1v) is 9.74. The largest absolute Gasteiger partial charge is 0.353 e. The van der Waals surface area contributed by atoms with E-state index in [1.807, 2.05) is 23.0 Å². The third kappa shape index (κ3) is 2.62. The molecule has 5 rings (SSSR count). The van der Waals surface area contributed by atoms with Gasteiger partial charge in [0.25, 0.3) is 0 Å². The van der Waals surface area contributed by atoms with Gasteiger partial charge < -0.3 is 5.32 Å². The molecule has 2 aliphatic rings. The van der Waals surface area contributed by atoms with Gasteiger partial charge in [-0.1, -0.05) is 6.92 Å². The van der Waals surface area contributed by atoms with Crippen LogP contribution in [0.3, 0.4) is 0 Å². The minimum absolute atomic E-state index is 0. The van der Waals surface area contributed by atoms with Gasteiger partial charge >= 0.3 is 0 Å². The molecule has 6 nitrogen and oxygen atoms in total. The Kier molecular flexibility index (Phi) is 3.57. The van der Waals surface area contributed by atoms with Crippen molar-refractivity contribution in [2.24, 2.45) is 10.9 Å². The van der Waals surface area contributed by atoms with Crippen LogP contribution >= 0.6 is 0 Å². The van der Waals surface area contributed by atoms with Crippen LogP contribution in [0.15, 0.2) is 35.6 Å². The lowest BCUT2D eigenvalue weighted by molar-refractivity contribution is 0.605. The number of hydrogen-bond acceptors (Lipinski definition) is 5. The Labute approximate surface area is 160 Å². The van der Waals surface area contributed by atoms with Gasteiger partial charge in [-0.05, 0) is 57.2 Å². The van der Waals surface area contributed by atoms with Crippen LogP contribution in [0.25, 0.3) is 16.8 Å². The molecule has 1 N–H and O–H groups in total. The van der Waals surface area contributed by atoms with Crippen molar-refractivity contribution in [3.05, 3.63) is 36.3 Å². The van der Waals surface area contributed by atoms with Gasteiger partial charge in [0.05, 0.1) is 28.8 Å². The average Bonchev–Trinajstić information content (AvgIpc) is 3.37. The van der Waals surface area contributed by atoms with E-state index in [9.17, 15) is 0 Å². The molecule has 1 fully saturated rings. The molecule has 0 radical (unpaired) electrons. The van der Waals surface area contributed by atoms with E-state index >= 15 is 0 Å². The van der Waals surface area contributed by atoms with Crippen molar-refractivity contribution in [2.75, 3.05) is 11.9 Å². The number of pyridine rings is 1. The van der Waals surface area contributed by atoms with Crippen LogP contribution in [0.1, 0.15) is 47.2 Å². The molecule has 0 amide bonds. The van der Waals surface area contributed by atoms with E-state index < -0.39 is 0 Å². The van der Waals surface area contributed by atoms with Crippen LogP contribution < -0.4 is 5.32 Å². The van der Waals surface area contributed by atoms with Crippen LogP contribution in [0.2, 0.25) is 0 Å². The quantitative estimate of drug-likeness (QED) is 0.718. The number of nitrogens with zero attached hydrogens (tertiary/aromatic N) is 5. The van der Waals surface area contributed by atoms with Crippen molar-refractivity contribution in [3.8, 4) is 11.3 Å². The summed E-state index contributed by atoms with van der Waals surface area (Å²) in [4.78, 5) is 14.2. The van der Waals surface area contributed by atoms with Crippen molar-refractivity contribution < 1.29 is 1.43 Å². The van der Waals surface area contributed by atoms with Crippen molar-refractivity contribution in [2.45, 2.75) is 45.4 Å². The summed E-state index contributed by atoms with van der Waals surface area (Å²) in [5.74, 6) is 1.47. The highest BCUT2D eigenvalue weighted by Crippen LogP contribution is 2.42. The Hall–Kier alpha value is -2.76. The maximum Gasteiger partial charge on any atom is 0.241 e. The lowest BCUT2D eigenvalue weighted by atomic mass is 9.81. The Morgan fingerprint density at radius 1 is 1.30 bits per heavy atom. The van der Waals surface area contributed by atoms with Gasteiger partial charge in [0.2, 0.25) is 5.95 Å². The van der Waals surface area contributed by atoms with Gasteiger partial charge in [-0.25, -0.2) is 14.5 Å². The summed E-state index contributed by atoms with van der Waals surface area (Å²) in [7, 11) is 0. The number of aliphatic imine (C=N–C) groups is 1. The molecule has 0 spiro atoms. The van der Waals surface area contributed by atoms with Crippen LogP contribution in [-0.4, -0.2) is 31.8 Å². The number of nitrogens with one attached hydrogen (secondary N) is 1. The average molecular weight is 362 g/mol. The van der Waals surface area contributed by atoms with E-state index in [4.69, 9.17) is 9.98 Å². The first kappa shape index (κ1) is 16.4. The Morgan fingerprint density at radius 3 is 2.93 bits per heavy atom. The maximum atomic E-state index is 5.01. The molecule has 4 heterocycles. The van der Waals surface area contributed by atoms with Crippen molar-refractivity contribution in [1.29, 1.82) is 0 Å². The number of fused-ring (bicyclic) bond motifs is 2. The van der Waals surface area contributed by atoms with E-state index in [0.29, 0.717) is 5.95 Å². The summed E-state index contributed by atoms with van der Waals surface area (Å²) in [6.07, 6.45) is 7.47. The molecule has 0 aromatic carbocycles. The highest BCUT2D eigenvalue weighted by Gasteiger charge is 2.37. The standard InChI is InChI=1S/C21H24N6.H2/c1-4-21(3)13(2)24-17-8-7-16(25-19(17)21)15-9-10-27-18(15)12-23-20(26-27)22-11-14-5-6-14;/h7-10,12,14H,4-6,11H2,1-3H3,(H,22,26);1H. The molecule has 6 heteroatoms. The van der Waals surface area contributed by atoms with Crippen LogP contribution in [0.4, 0.5) is 11.6 Å². The van der Waals surface area contributed by atoms with E-state index in [1.165, 1.54) is 12.8 Å². The SMILES string of the molecule is CCC1(C)C(C)=Nc2ccc(-c3ccn4nc(NCC5CC5)ncc34)nc21.[HH]. The number of rotatable bonds is 5. The fourth-order valence-electron chi connectivity index (χ4n) is 3.75. The van der Waals surface area contributed by atoms with Gasteiger partial charge in [0.1, 0.15) is 0 Å². The van der Waals surface area contributed by atoms with Gasteiger partial charge in [0.15, 0.2) is 0 Å². The molecule has 1 unspecified atom stereocenters. The van der Waals surface area contributed by atoms with E-state index in [1.54, 1.807) is 0 Å². The fraction of sp³-hybridized carbons (Fsp3) is 0.429. The summed E-state index contributed by atoms with van der Waals surface area (Å²) in [5, 5.41) is 7.93. The molecule has 1 saturated carbocycles. The molecule has 1 atom stereocenters. The minimum atomic E-state index is -0.0860. The van der Waals surface area contributed by atoms with Gasteiger partial charge in [0, 0.05) is 30.9 Å². The first-order chi connectivity index (χ1) is 13.1. The van der Waals surface area contributed by atoms with Crippen LogP contribution in [0.5, 0.6) is 0 Å². The monoisotopic (exact) mass is 362 g/mol. The molecule has 140 valence electrons. The molecule has 1 aliphatic heterocycles. The molecular weight excluding hydrogens is 336 g/mol. The fourth-order valence-corrected chi connectivity index (χ4v) is 3.75. The second-order valence-electron chi connectivity index (χ2n) is 7.91. The highest BCUT2D eigenvalue weighted by molar-refractivity contribution is 5.99. The van der Waals surface area contributed by atoms with Gasteiger partial charge in [-0.2, -0.15) is 0 Å². The number of anilines is 1. The zero-order chi connectivity index (χ0) is 18.6. The lowest BCUT2D eigenvalue weighted by Gasteiger charge is -2.23. The molecule has 3 aromatic rings. The summed E-state index contributed by atoms with van der Waals surface area (Å²) in [6, 6.07) is 6.19. The summed E-state index contributed by atoms with van der Waals surface area (Å²) in [5.41, 5.74) is 6.08. The summed E-state index contributed by atoms with van der Waals surface area (Å²) in [6.45, 7) is 7.48. The first-order valence-electron chi connectivity index (χ1n) is 9.74. The molecular formula is C21H26N6. The zero-order valence-electron chi connectivity index (χ0n) is 16.0. The maximum absolute atomic E-state index is 5.01. The Bertz CT molecular complexity index is 1070. The highest BCUT2D eigenvalue weighted by atomic mass is 15.3. The molecule has 3 aromatic heterocycles. The van der Waals surface area contributed by atoms with Crippen molar-refractivity contribution in [3.63, 3.8) is 0 Å². The van der Waals surface area contributed by atoms with Crippen molar-refractivity contribution in [1.82, 2.24) is 19.6 Å². The van der Waals surface area contributed by atoms with Crippen LogP contribution in [-0.2, 0) is 5.41 Å². The molecule has 0 bridgehead atoms. The number of aromatic nitrogens is 4. The predicted octanol–water partition coefficient (Wildman–Crippen LogP) is 4.63. The molecule has 27 heavy (non-hydrogen) atoms. The summed E-state index contributed by atoms with van der Waals surface area (Å²) >= 11 is 0. The smallest absolute Gasteiger partial charge is 0.241 e. The third-order valence-corrected chi connectivity index (χ3v) is 6.13. The molecule has 1 aliphatic carbocycles. The second-order valence-corrected chi connectivity index (χ2v) is 7.91. The van der Waals surface area contributed by atoms with Crippen molar-refractivity contribution >= 4 is 22.9 Å². The lowest BCUT2D eigenvalue weighted by Crippen LogP contribution is -2.27. The Morgan fingerprint density at radius 2 is 2.15 bits per heavy atom. The predicted molar refractivity (Wildman–Crippen MR) is 110 cm³/mol.